The number of benzene rings is 1. The fraction of sp³-hybridized carbons (Fsp3) is 0.438. The van der Waals surface area contributed by atoms with E-state index in [1.165, 1.54) is 12.1 Å². The third kappa shape index (κ3) is 3.80. The summed E-state index contributed by atoms with van der Waals surface area (Å²) in [5.41, 5.74) is 0.568. The number of fused-ring (bicyclic) bond motifs is 1. The number of phenolic OH excluding ortho intramolecular Hbond substituents is 1. The van der Waals surface area contributed by atoms with E-state index in [0.29, 0.717) is 5.56 Å². The standard InChI is InChI=1S/C16H19NO6/c1-3-22-15(19)8-7-11-10(2)23-16-12(5-4-6-14(16)18)13(11)9-17(20)21/h4-8,10-11,13,18H,3,9H2,1-2H3/b8-7+/t10-,11-,13+/m0/s1. The Kier molecular flexibility index (Phi) is 5.20. The average molecular weight is 321 g/mol. The molecule has 0 spiro atoms. The second kappa shape index (κ2) is 7.13. The van der Waals surface area contributed by atoms with Gasteiger partial charge < -0.3 is 14.6 Å². The Balaban J connectivity index is 2.36. The fourth-order valence-corrected chi connectivity index (χ4v) is 2.81. The second-order valence-electron chi connectivity index (χ2n) is 5.33. The normalized spacial score (nSPS) is 23.1. The number of hydrogen-bond acceptors (Lipinski definition) is 6. The van der Waals surface area contributed by atoms with Gasteiger partial charge in [0.05, 0.1) is 12.5 Å². The fourth-order valence-electron chi connectivity index (χ4n) is 2.81. The van der Waals surface area contributed by atoms with Crippen LogP contribution >= 0.6 is 0 Å². The Labute approximate surface area is 133 Å². The number of rotatable bonds is 5. The van der Waals surface area contributed by atoms with Gasteiger partial charge in [-0.25, -0.2) is 4.79 Å². The SMILES string of the molecule is CCOC(=O)/C=C/[C@H]1[C@H](C)Oc2c(O)cccc2[C@@H]1C[N+](=O)[O-]. The van der Waals surface area contributed by atoms with Gasteiger partial charge in [-0.3, -0.25) is 10.1 Å². The van der Waals surface area contributed by atoms with E-state index in [1.54, 1.807) is 32.1 Å². The predicted octanol–water partition coefficient (Wildman–Crippen LogP) is 2.27. The smallest absolute Gasteiger partial charge is 0.330 e. The van der Waals surface area contributed by atoms with E-state index < -0.39 is 22.9 Å². The van der Waals surface area contributed by atoms with Crippen LogP contribution in [0.3, 0.4) is 0 Å². The molecular weight excluding hydrogens is 302 g/mol. The number of nitro groups is 1. The van der Waals surface area contributed by atoms with Gasteiger partial charge in [0.15, 0.2) is 11.5 Å². The number of phenols is 1. The van der Waals surface area contributed by atoms with Gasteiger partial charge in [0.2, 0.25) is 6.54 Å². The number of nitrogens with zero attached hydrogens (tertiary/aromatic N) is 1. The molecule has 1 aromatic carbocycles. The summed E-state index contributed by atoms with van der Waals surface area (Å²) in [4.78, 5) is 22.1. The summed E-state index contributed by atoms with van der Waals surface area (Å²) in [5.74, 6) is -1.15. The highest BCUT2D eigenvalue weighted by Gasteiger charge is 2.38. The van der Waals surface area contributed by atoms with Crippen molar-refractivity contribution in [2.75, 3.05) is 13.2 Å². The van der Waals surface area contributed by atoms with Crippen molar-refractivity contribution in [3.05, 3.63) is 46.0 Å². The van der Waals surface area contributed by atoms with Gasteiger partial charge in [-0.1, -0.05) is 18.2 Å². The molecule has 0 saturated carbocycles. The Morgan fingerprint density at radius 2 is 2.26 bits per heavy atom. The van der Waals surface area contributed by atoms with Crippen LogP contribution in [0.1, 0.15) is 25.3 Å². The molecule has 0 radical (unpaired) electrons. The zero-order valence-corrected chi connectivity index (χ0v) is 13.0. The first-order valence-corrected chi connectivity index (χ1v) is 7.39. The Hall–Kier alpha value is -2.57. The number of hydrogen-bond donors (Lipinski definition) is 1. The number of carbonyl (C=O) groups is 1. The lowest BCUT2D eigenvalue weighted by molar-refractivity contribution is -0.485. The molecule has 1 aliphatic heterocycles. The molecule has 1 aliphatic rings. The maximum atomic E-state index is 11.5. The minimum absolute atomic E-state index is 0.0458. The van der Waals surface area contributed by atoms with Crippen LogP contribution < -0.4 is 4.74 Å². The summed E-state index contributed by atoms with van der Waals surface area (Å²) in [6.07, 6.45) is 2.44. The van der Waals surface area contributed by atoms with Gasteiger partial charge in [-0.15, -0.1) is 0 Å². The van der Waals surface area contributed by atoms with E-state index in [4.69, 9.17) is 9.47 Å². The first kappa shape index (κ1) is 16.8. The molecule has 0 saturated heterocycles. The van der Waals surface area contributed by atoms with Crippen molar-refractivity contribution in [2.45, 2.75) is 25.9 Å². The van der Waals surface area contributed by atoms with Crippen LogP contribution in [0.15, 0.2) is 30.4 Å². The molecule has 23 heavy (non-hydrogen) atoms. The zero-order valence-electron chi connectivity index (χ0n) is 13.0. The minimum Gasteiger partial charge on any atom is -0.504 e. The van der Waals surface area contributed by atoms with E-state index >= 15 is 0 Å². The molecule has 1 N–H and O–H groups in total. The summed E-state index contributed by atoms with van der Waals surface area (Å²) >= 11 is 0. The highest BCUT2D eigenvalue weighted by atomic mass is 16.6. The molecule has 0 aliphatic carbocycles. The van der Waals surface area contributed by atoms with Crippen molar-refractivity contribution < 1.29 is 24.3 Å². The highest BCUT2D eigenvalue weighted by molar-refractivity contribution is 5.82. The molecule has 7 heteroatoms. The van der Waals surface area contributed by atoms with Crippen LogP contribution in [0.4, 0.5) is 0 Å². The van der Waals surface area contributed by atoms with E-state index in [9.17, 15) is 20.0 Å². The Bertz CT molecular complexity index is 627. The van der Waals surface area contributed by atoms with Gasteiger partial charge in [-0.2, -0.15) is 0 Å². The van der Waals surface area contributed by atoms with Crippen LogP contribution in [-0.4, -0.2) is 35.3 Å². The van der Waals surface area contributed by atoms with Crippen molar-refractivity contribution in [1.29, 1.82) is 0 Å². The van der Waals surface area contributed by atoms with Gasteiger partial charge in [-0.05, 0) is 19.9 Å². The van der Waals surface area contributed by atoms with Crippen LogP contribution in [0, 0.1) is 16.0 Å². The van der Waals surface area contributed by atoms with Gasteiger partial charge in [0, 0.05) is 22.5 Å². The van der Waals surface area contributed by atoms with Gasteiger partial charge in [0.1, 0.15) is 6.10 Å². The molecule has 0 amide bonds. The maximum Gasteiger partial charge on any atom is 0.330 e. The maximum absolute atomic E-state index is 11.5. The van der Waals surface area contributed by atoms with Crippen LogP contribution in [-0.2, 0) is 9.53 Å². The topological polar surface area (TPSA) is 98.9 Å². The summed E-state index contributed by atoms with van der Waals surface area (Å²) < 4.78 is 10.5. The molecule has 3 atom stereocenters. The lowest BCUT2D eigenvalue weighted by atomic mass is 9.80. The minimum atomic E-state index is -0.499. The molecule has 0 fully saturated rings. The molecular formula is C16H19NO6. The molecule has 7 nitrogen and oxygen atoms in total. The molecule has 124 valence electrons. The Morgan fingerprint density at radius 3 is 2.91 bits per heavy atom. The number of para-hydroxylation sites is 1. The first-order chi connectivity index (χ1) is 10.9. The van der Waals surface area contributed by atoms with Crippen molar-refractivity contribution in [2.24, 2.45) is 5.92 Å². The number of esters is 1. The third-order valence-corrected chi connectivity index (χ3v) is 3.82. The van der Waals surface area contributed by atoms with Crippen molar-refractivity contribution in [3.63, 3.8) is 0 Å². The molecule has 0 unspecified atom stereocenters. The van der Waals surface area contributed by atoms with E-state index in [-0.39, 0.29) is 30.6 Å². The van der Waals surface area contributed by atoms with Crippen LogP contribution in [0.5, 0.6) is 11.5 Å². The predicted molar refractivity (Wildman–Crippen MR) is 82.1 cm³/mol. The molecule has 1 aromatic rings. The van der Waals surface area contributed by atoms with E-state index in [0.717, 1.165) is 0 Å². The van der Waals surface area contributed by atoms with Crippen LogP contribution in [0.2, 0.25) is 0 Å². The Morgan fingerprint density at radius 1 is 1.52 bits per heavy atom. The summed E-state index contributed by atoms with van der Waals surface area (Å²) in [5, 5.41) is 21.0. The number of ether oxygens (including phenoxy) is 2. The summed E-state index contributed by atoms with van der Waals surface area (Å²) in [6, 6.07) is 4.79. The van der Waals surface area contributed by atoms with Gasteiger partial charge in [0.25, 0.3) is 0 Å². The molecule has 0 aromatic heterocycles. The van der Waals surface area contributed by atoms with Gasteiger partial charge >= 0.3 is 5.97 Å². The van der Waals surface area contributed by atoms with E-state index in [1.807, 2.05) is 0 Å². The second-order valence-corrected chi connectivity index (χ2v) is 5.33. The van der Waals surface area contributed by atoms with Crippen molar-refractivity contribution in [1.82, 2.24) is 0 Å². The van der Waals surface area contributed by atoms with Crippen molar-refractivity contribution >= 4 is 5.97 Å². The first-order valence-electron chi connectivity index (χ1n) is 7.39. The summed E-state index contributed by atoms with van der Waals surface area (Å²) in [6.45, 7) is 3.39. The third-order valence-electron chi connectivity index (χ3n) is 3.82. The quantitative estimate of drug-likeness (QED) is 0.386. The molecule has 2 rings (SSSR count). The van der Waals surface area contributed by atoms with E-state index in [2.05, 4.69) is 0 Å². The molecule has 0 bridgehead atoms. The zero-order chi connectivity index (χ0) is 17.0. The van der Waals surface area contributed by atoms with Crippen LogP contribution in [0.25, 0.3) is 0 Å². The summed E-state index contributed by atoms with van der Waals surface area (Å²) in [7, 11) is 0. The lowest BCUT2D eigenvalue weighted by Crippen LogP contribution is -2.36. The molecule has 1 heterocycles. The largest absolute Gasteiger partial charge is 0.504 e. The monoisotopic (exact) mass is 321 g/mol. The number of aromatic hydroxyl groups is 1. The van der Waals surface area contributed by atoms with Crippen molar-refractivity contribution in [3.8, 4) is 11.5 Å². The average Bonchev–Trinajstić information content (AvgIpc) is 2.47. The lowest BCUT2D eigenvalue weighted by Gasteiger charge is -2.35. The number of carbonyl (C=O) groups excluding carboxylic acids is 1. The highest BCUT2D eigenvalue weighted by Crippen LogP contribution is 2.45.